The van der Waals surface area contributed by atoms with Gasteiger partial charge in [-0.05, 0) is 48.4 Å². The maximum Gasteiger partial charge on any atom is 0.305 e. The highest BCUT2D eigenvalue weighted by Gasteiger charge is 2.70. The van der Waals surface area contributed by atoms with Crippen LogP contribution in [0.1, 0.15) is 25.1 Å². The average Bonchev–Trinajstić information content (AvgIpc) is 3.38. The van der Waals surface area contributed by atoms with Crippen LogP contribution in [-0.4, -0.2) is 22.0 Å². The maximum absolute atomic E-state index is 13.4. The molecule has 2 bridgehead atoms. The fourth-order valence-electron chi connectivity index (χ4n) is 6.50. The van der Waals surface area contributed by atoms with Crippen LogP contribution in [0.15, 0.2) is 34.1 Å². The first kappa shape index (κ1) is 18.2. The number of nitrogens with zero attached hydrogens (tertiary/aromatic N) is 1. The van der Waals surface area contributed by atoms with E-state index >= 15 is 0 Å². The predicted molar refractivity (Wildman–Crippen MR) is 114 cm³/mol. The summed E-state index contributed by atoms with van der Waals surface area (Å²) >= 11 is 9.00. The van der Waals surface area contributed by atoms with Gasteiger partial charge < -0.3 is 4.98 Å². The van der Waals surface area contributed by atoms with Crippen molar-refractivity contribution in [2.24, 2.45) is 29.6 Å². The van der Waals surface area contributed by atoms with Crippen LogP contribution in [0.5, 0.6) is 0 Å². The number of carbonyl (C=O) groups excluding carboxylic acids is 2. The summed E-state index contributed by atoms with van der Waals surface area (Å²) < 4.78 is 0. The molecule has 3 heterocycles. The second kappa shape index (κ2) is 5.77. The molecule has 0 unspecified atom stereocenters. The summed E-state index contributed by atoms with van der Waals surface area (Å²) in [6.07, 6.45) is 0.923. The Labute approximate surface area is 180 Å². The number of halogens is 1. The number of hydrogen-bond donors (Lipinski definition) is 1. The molecule has 150 valence electrons. The summed E-state index contributed by atoms with van der Waals surface area (Å²) in [4.78, 5) is 44.2. The van der Waals surface area contributed by atoms with E-state index in [2.05, 4.69) is 18.8 Å². The predicted octanol–water partition coefficient (Wildman–Crippen LogP) is 3.91. The molecule has 4 aliphatic rings. The minimum atomic E-state index is -0.250. The minimum Gasteiger partial charge on any atom is -0.307 e. The lowest BCUT2D eigenvalue weighted by molar-refractivity contribution is -0.123. The molecule has 2 aliphatic heterocycles. The Bertz CT molecular complexity index is 1120. The van der Waals surface area contributed by atoms with E-state index in [1.807, 2.05) is 0 Å². The van der Waals surface area contributed by atoms with Crippen LogP contribution in [0, 0.1) is 29.6 Å². The Hall–Kier alpha value is -1.57. The van der Waals surface area contributed by atoms with Crippen LogP contribution in [0.25, 0.3) is 0 Å². The van der Waals surface area contributed by atoms with Crippen molar-refractivity contribution in [3.05, 3.63) is 43.8 Å². The zero-order valence-corrected chi connectivity index (χ0v) is 18.2. The van der Waals surface area contributed by atoms with Crippen molar-refractivity contribution < 1.29 is 9.59 Å². The number of aromatic amines is 1. The van der Waals surface area contributed by atoms with Crippen LogP contribution in [0.3, 0.4) is 0 Å². The second-order valence-corrected chi connectivity index (χ2v) is 11.7. The van der Waals surface area contributed by atoms with Crippen LogP contribution in [0.2, 0.25) is 5.02 Å². The largest absolute Gasteiger partial charge is 0.307 e. The summed E-state index contributed by atoms with van der Waals surface area (Å²) in [7, 11) is 0. The van der Waals surface area contributed by atoms with Gasteiger partial charge in [-0.25, -0.2) is 0 Å². The first-order valence-electron chi connectivity index (χ1n) is 9.82. The Morgan fingerprint density at radius 1 is 1.07 bits per heavy atom. The molecule has 2 saturated carbocycles. The summed E-state index contributed by atoms with van der Waals surface area (Å²) in [6.45, 7) is 4.39. The zero-order valence-electron chi connectivity index (χ0n) is 15.8. The van der Waals surface area contributed by atoms with Gasteiger partial charge in [0.15, 0.2) is 0 Å². The molecule has 5 nitrogen and oxygen atoms in total. The van der Waals surface area contributed by atoms with Gasteiger partial charge in [0.2, 0.25) is 11.8 Å². The molecule has 2 aliphatic carbocycles. The Morgan fingerprint density at radius 3 is 2.41 bits per heavy atom. The number of hydrogen-bond acceptors (Lipinski definition) is 5. The normalized spacial score (nSPS) is 36.3. The molecule has 3 fully saturated rings. The van der Waals surface area contributed by atoms with E-state index in [4.69, 9.17) is 11.6 Å². The SMILES string of the molecule is CC1(C)c2sc(=O)[nH]c2S[C@@H]2[C@@H]3C[C@@H]([C@@H]4C(=O)N(c5ccc(Cl)cc5)C(=O)[C@@H]34)[C@H]21. The third-order valence-corrected chi connectivity index (χ3v) is 10.5. The third-order valence-electron chi connectivity index (χ3n) is 7.48. The number of thioether (sulfide) groups is 1. The zero-order chi connectivity index (χ0) is 20.2. The molecule has 1 aromatic heterocycles. The highest BCUT2D eigenvalue weighted by atomic mass is 35.5. The quantitative estimate of drug-likeness (QED) is 0.674. The van der Waals surface area contributed by atoms with Gasteiger partial charge in [-0.1, -0.05) is 36.8 Å². The van der Waals surface area contributed by atoms with Crippen molar-refractivity contribution in [3.63, 3.8) is 0 Å². The molecule has 1 aromatic carbocycles. The van der Waals surface area contributed by atoms with Crippen LogP contribution in [0.4, 0.5) is 5.69 Å². The Morgan fingerprint density at radius 2 is 1.72 bits per heavy atom. The topological polar surface area (TPSA) is 70.2 Å². The number of thiazole rings is 1. The minimum absolute atomic E-state index is 0.0239. The Kier molecular flexibility index (Phi) is 3.62. The van der Waals surface area contributed by atoms with E-state index in [1.165, 1.54) is 16.2 Å². The van der Waals surface area contributed by atoms with Gasteiger partial charge in [0.25, 0.3) is 0 Å². The van der Waals surface area contributed by atoms with E-state index in [0.29, 0.717) is 16.6 Å². The number of H-pyrrole nitrogens is 1. The molecule has 0 radical (unpaired) electrons. The third kappa shape index (κ3) is 2.21. The van der Waals surface area contributed by atoms with Gasteiger partial charge >= 0.3 is 4.87 Å². The van der Waals surface area contributed by atoms with E-state index < -0.39 is 0 Å². The number of benzene rings is 1. The fraction of sp³-hybridized carbons (Fsp3) is 0.476. The Balaban J connectivity index is 1.42. The van der Waals surface area contributed by atoms with Crippen molar-refractivity contribution >= 4 is 52.2 Å². The molecular formula is C21H19ClN2O3S2. The lowest BCUT2D eigenvalue weighted by atomic mass is 9.64. The monoisotopic (exact) mass is 446 g/mol. The fourth-order valence-corrected chi connectivity index (χ4v) is 9.78. The summed E-state index contributed by atoms with van der Waals surface area (Å²) in [5.41, 5.74) is 0.424. The molecular weight excluding hydrogens is 428 g/mol. The highest BCUT2D eigenvalue weighted by Crippen LogP contribution is 2.69. The van der Waals surface area contributed by atoms with Gasteiger partial charge in [-0.15, -0.1) is 11.8 Å². The maximum atomic E-state index is 13.4. The van der Waals surface area contributed by atoms with Crippen molar-refractivity contribution in [3.8, 4) is 0 Å². The van der Waals surface area contributed by atoms with Gasteiger partial charge in [-0.3, -0.25) is 19.3 Å². The number of fused-ring (bicyclic) bond motifs is 9. The van der Waals surface area contributed by atoms with Gasteiger partial charge in [0.1, 0.15) is 0 Å². The number of nitrogens with one attached hydrogen (secondary N) is 1. The first-order chi connectivity index (χ1) is 13.8. The summed E-state index contributed by atoms with van der Waals surface area (Å²) in [5.74, 6) is 0.000336. The lowest BCUT2D eigenvalue weighted by Crippen LogP contribution is -2.48. The van der Waals surface area contributed by atoms with Gasteiger partial charge in [0, 0.05) is 20.6 Å². The highest BCUT2D eigenvalue weighted by molar-refractivity contribution is 8.00. The molecule has 8 heteroatoms. The van der Waals surface area contributed by atoms with Gasteiger partial charge in [-0.2, -0.15) is 0 Å². The summed E-state index contributed by atoms with van der Waals surface area (Å²) in [6, 6.07) is 6.92. The molecule has 6 atom stereocenters. The van der Waals surface area contributed by atoms with E-state index in [1.54, 1.807) is 36.0 Å². The molecule has 2 aromatic rings. The number of rotatable bonds is 1. The molecule has 2 amide bonds. The van der Waals surface area contributed by atoms with Crippen molar-refractivity contribution in [2.75, 3.05) is 4.90 Å². The number of anilines is 1. The molecule has 6 rings (SSSR count). The van der Waals surface area contributed by atoms with E-state index in [-0.39, 0.29) is 51.0 Å². The smallest absolute Gasteiger partial charge is 0.305 e. The van der Waals surface area contributed by atoms with Crippen molar-refractivity contribution in [2.45, 2.75) is 36.0 Å². The van der Waals surface area contributed by atoms with Crippen molar-refractivity contribution in [1.29, 1.82) is 0 Å². The van der Waals surface area contributed by atoms with E-state index in [0.717, 1.165) is 16.3 Å². The molecule has 1 saturated heterocycles. The number of carbonyl (C=O) groups is 2. The first-order valence-corrected chi connectivity index (χ1v) is 11.9. The number of amides is 2. The molecule has 0 spiro atoms. The van der Waals surface area contributed by atoms with Crippen LogP contribution < -0.4 is 9.77 Å². The van der Waals surface area contributed by atoms with E-state index in [9.17, 15) is 14.4 Å². The average molecular weight is 447 g/mol. The molecule has 1 N–H and O–H groups in total. The molecule has 29 heavy (non-hydrogen) atoms. The standard InChI is InChI=1S/C21H19ClN2O3S2/c1-21(2)14-10-7-11(15(14)28-17-16(21)29-20(27)23-17)13-12(10)18(25)24(19(13)26)9-5-3-8(22)4-6-9/h3-6,10-15H,7H2,1-2H3,(H,23,27)/t10-,11+,12-,13-,14+,15+/m0/s1. The van der Waals surface area contributed by atoms with Crippen LogP contribution in [-0.2, 0) is 15.0 Å². The number of aromatic nitrogens is 1. The summed E-state index contributed by atoms with van der Waals surface area (Å²) in [5, 5.41) is 1.80. The number of imide groups is 1. The van der Waals surface area contributed by atoms with Crippen molar-refractivity contribution in [1.82, 2.24) is 4.98 Å². The second-order valence-electron chi connectivity index (χ2n) is 9.11. The lowest BCUT2D eigenvalue weighted by Gasteiger charge is -2.47. The van der Waals surface area contributed by atoms with Crippen LogP contribution >= 0.6 is 34.7 Å². The van der Waals surface area contributed by atoms with Gasteiger partial charge in [0.05, 0.1) is 22.5 Å².